The largest absolute Gasteiger partial charge is 0.444 e. The normalized spacial score (nSPS) is 13.5. The predicted molar refractivity (Wildman–Crippen MR) is 121 cm³/mol. The summed E-state index contributed by atoms with van der Waals surface area (Å²) in [4.78, 5) is 21.5. The van der Waals surface area contributed by atoms with Crippen molar-refractivity contribution in [2.75, 3.05) is 13.1 Å². The number of carbonyl (C=O) groups is 1. The number of likely N-dealkylation sites (tertiary alicyclic amines) is 1. The third-order valence-corrected chi connectivity index (χ3v) is 5.15. The third-order valence-electron chi connectivity index (χ3n) is 4.86. The summed E-state index contributed by atoms with van der Waals surface area (Å²) in [5, 5.41) is 9.02. The molecule has 3 heterocycles. The Morgan fingerprint density at radius 2 is 1.94 bits per heavy atom. The number of ether oxygens (including phenoxy) is 1. The van der Waals surface area contributed by atoms with Crippen molar-refractivity contribution < 1.29 is 13.9 Å². The van der Waals surface area contributed by atoms with Gasteiger partial charge in [0.25, 0.3) is 0 Å². The fraction of sp³-hybridized carbons (Fsp3) is 0.391. The Morgan fingerprint density at radius 3 is 2.53 bits per heavy atom. The molecule has 0 radical (unpaired) electrons. The van der Waals surface area contributed by atoms with E-state index in [0.29, 0.717) is 16.6 Å². The maximum absolute atomic E-state index is 13.8. The first-order valence-corrected chi connectivity index (χ1v) is 10.6. The molecule has 1 aromatic carbocycles. The fourth-order valence-electron chi connectivity index (χ4n) is 3.31. The summed E-state index contributed by atoms with van der Waals surface area (Å²) in [6.45, 7) is 7.38. The van der Waals surface area contributed by atoms with Crippen LogP contribution in [0.15, 0.2) is 30.7 Å². The monoisotopic (exact) mass is 457 g/mol. The molecular weight excluding hydrogens is 433 g/mol. The van der Waals surface area contributed by atoms with Crippen molar-refractivity contribution in [2.45, 2.75) is 39.2 Å². The highest BCUT2D eigenvalue weighted by Gasteiger charge is 2.24. The molecule has 0 aliphatic carbocycles. The van der Waals surface area contributed by atoms with Crippen molar-refractivity contribution in [3.63, 3.8) is 0 Å². The van der Waals surface area contributed by atoms with Crippen molar-refractivity contribution in [1.82, 2.24) is 19.4 Å². The van der Waals surface area contributed by atoms with Crippen molar-refractivity contribution in [3.8, 4) is 17.2 Å². The minimum Gasteiger partial charge on any atom is -0.444 e. The number of aryl methyl sites for hydroxylation is 1. The Kier molecular flexibility index (Phi) is 6.99. The van der Waals surface area contributed by atoms with Gasteiger partial charge >= 0.3 is 6.09 Å². The molecule has 0 unspecified atom stereocenters. The highest BCUT2D eigenvalue weighted by atomic mass is 35.5. The van der Waals surface area contributed by atoms with Crippen LogP contribution < -0.4 is 0 Å². The van der Waals surface area contributed by atoms with E-state index in [4.69, 9.17) is 21.6 Å². The smallest absolute Gasteiger partial charge is 0.410 e. The van der Waals surface area contributed by atoms with Crippen LogP contribution in [-0.2, 0) is 11.8 Å². The molecule has 0 atom stereocenters. The number of pyridine rings is 1. The number of halogens is 2. The molecule has 0 N–H and O–H groups in total. The average molecular weight is 458 g/mol. The fourth-order valence-corrected chi connectivity index (χ4v) is 3.56. The van der Waals surface area contributed by atoms with Gasteiger partial charge in [0.2, 0.25) is 0 Å². The van der Waals surface area contributed by atoms with Crippen LogP contribution in [0.3, 0.4) is 0 Å². The summed E-state index contributed by atoms with van der Waals surface area (Å²) in [7, 11) is 1.84. The van der Waals surface area contributed by atoms with Crippen molar-refractivity contribution in [2.24, 2.45) is 7.05 Å². The van der Waals surface area contributed by atoms with Gasteiger partial charge in [-0.15, -0.1) is 0 Å². The highest BCUT2D eigenvalue weighted by Crippen LogP contribution is 2.33. The van der Waals surface area contributed by atoms with Crippen LogP contribution in [-0.4, -0.2) is 44.2 Å². The number of fused-ring (bicyclic) bond motifs is 1. The second kappa shape index (κ2) is 9.53. The van der Waals surface area contributed by atoms with E-state index in [9.17, 15) is 9.18 Å². The molecule has 0 bridgehead atoms. The lowest BCUT2D eigenvalue weighted by Gasteiger charge is -2.23. The van der Waals surface area contributed by atoms with E-state index in [1.807, 2.05) is 32.4 Å². The molecule has 1 amide bonds. The molecule has 1 aliphatic heterocycles. The Labute approximate surface area is 191 Å². The van der Waals surface area contributed by atoms with E-state index in [2.05, 4.69) is 9.97 Å². The van der Waals surface area contributed by atoms with Crippen molar-refractivity contribution in [1.29, 1.82) is 5.26 Å². The van der Waals surface area contributed by atoms with Gasteiger partial charge in [0.05, 0.1) is 23.6 Å². The van der Waals surface area contributed by atoms with Gasteiger partial charge in [-0.3, -0.25) is 0 Å². The summed E-state index contributed by atoms with van der Waals surface area (Å²) in [6.07, 6.45) is 5.32. The van der Waals surface area contributed by atoms with E-state index < -0.39 is 5.82 Å². The quantitative estimate of drug-likeness (QED) is 0.462. The molecule has 9 heteroatoms. The van der Waals surface area contributed by atoms with Gasteiger partial charge in [0.15, 0.2) is 0 Å². The van der Waals surface area contributed by atoms with Crippen LogP contribution in [0.1, 0.15) is 39.2 Å². The number of benzene rings is 1. The van der Waals surface area contributed by atoms with Crippen molar-refractivity contribution in [3.05, 3.63) is 47.3 Å². The minimum absolute atomic E-state index is 0.00831. The topological polar surface area (TPSA) is 84.0 Å². The third kappa shape index (κ3) is 5.35. The number of rotatable bonds is 1. The molecule has 2 aromatic heterocycles. The first-order valence-electron chi connectivity index (χ1n) is 10.2. The zero-order valence-corrected chi connectivity index (χ0v) is 19.3. The van der Waals surface area contributed by atoms with Crippen molar-refractivity contribution >= 4 is 28.7 Å². The Balaban J connectivity index is 0.000000207. The van der Waals surface area contributed by atoms with Crippen LogP contribution in [0.5, 0.6) is 0 Å². The summed E-state index contributed by atoms with van der Waals surface area (Å²) in [6, 6.07) is 6.12. The molecular formula is C23H25ClFN5O2. The zero-order chi connectivity index (χ0) is 23.5. The van der Waals surface area contributed by atoms with E-state index in [1.165, 1.54) is 12.1 Å². The Hall–Kier alpha value is -3.18. The van der Waals surface area contributed by atoms with Gasteiger partial charge in [-0.05, 0) is 51.3 Å². The summed E-state index contributed by atoms with van der Waals surface area (Å²) in [5.74, 6) is -0.589. The SMILES string of the molecule is CC(C)(C)OC(=O)N1CCCC1.Cn1cnc2c(-c3ccc(C#N)c(F)c3)c(Cl)ncc21. The van der Waals surface area contributed by atoms with Gasteiger partial charge in [-0.2, -0.15) is 5.26 Å². The summed E-state index contributed by atoms with van der Waals surface area (Å²) in [5.41, 5.74) is 2.19. The van der Waals surface area contributed by atoms with Crippen LogP contribution in [0.25, 0.3) is 22.2 Å². The zero-order valence-electron chi connectivity index (χ0n) is 18.5. The number of nitriles is 1. The molecule has 0 saturated carbocycles. The van der Waals surface area contributed by atoms with Crippen LogP contribution in [0.2, 0.25) is 5.15 Å². The van der Waals surface area contributed by atoms with Gasteiger partial charge in [0.1, 0.15) is 28.2 Å². The maximum Gasteiger partial charge on any atom is 0.410 e. The molecule has 3 aromatic rings. The molecule has 1 saturated heterocycles. The number of imidazole rings is 1. The second-order valence-corrected chi connectivity index (χ2v) is 8.85. The molecule has 1 fully saturated rings. The predicted octanol–water partition coefficient (Wildman–Crippen LogP) is 5.32. The highest BCUT2D eigenvalue weighted by molar-refractivity contribution is 6.33. The Morgan fingerprint density at radius 1 is 1.25 bits per heavy atom. The lowest BCUT2D eigenvalue weighted by molar-refractivity contribution is 0.0295. The lowest BCUT2D eigenvalue weighted by atomic mass is 10.0. The molecule has 4 rings (SSSR count). The summed E-state index contributed by atoms with van der Waals surface area (Å²) >= 11 is 6.13. The molecule has 32 heavy (non-hydrogen) atoms. The molecule has 1 aliphatic rings. The number of hydrogen-bond donors (Lipinski definition) is 0. The van der Waals surface area contributed by atoms with E-state index in [0.717, 1.165) is 31.4 Å². The molecule has 0 spiro atoms. The first kappa shape index (κ1) is 23.5. The number of nitrogens with zero attached hydrogens (tertiary/aromatic N) is 5. The van der Waals surface area contributed by atoms with Gasteiger partial charge in [-0.25, -0.2) is 19.2 Å². The number of amides is 1. The first-order chi connectivity index (χ1) is 15.1. The maximum atomic E-state index is 13.8. The van der Waals surface area contributed by atoms with Crippen LogP contribution >= 0.6 is 11.6 Å². The summed E-state index contributed by atoms with van der Waals surface area (Å²) < 4.78 is 20.8. The molecule has 168 valence electrons. The van der Waals surface area contributed by atoms with Crippen LogP contribution in [0.4, 0.5) is 9.18 Å². The number of carbonyl (C=O) groups excluding carboxylic acids is 1. The van der Waals surface area contributed by atoms with E-state index >= 15 is 0 Å². The molecule has 7 nitrogen and oxygen atoms in total. The van der Waals surface area contributed by atoms with E-state index in [1.54, 1.807) is 29.6 Å². The average Bonchev–Trinajstić information content (AvgIpc) is 3.38. The van der Waals surface area contributed by atoms with Gasteiger partial charge in [0, 0.05) is 25.7 Å². The number of aromatic nitrogens is 3. The van der Waals surface area contributed by atoms with E-state index in [-0.39, 0.29) is 22.4 Å². The number of hydrogen-bond acceptors (Lipinski definition) is 5. The second-order valence-electron chi connectivity index (χ2n) is 8.49. The van der Waals surface area contributed by atoms with Gasteiger partial charge in [-0.1, -0.05) is 17.7 Å². The standard InChI is InChI=1S/C14H8ClFN4.C9H17NO2/c1-20-7-19-13-11(20)6-18-14(15)12(13)8-2-3-9(5-17)10(16)4-8;1-9(2,3)12-8(11)10-6-4-5-7-10/h2-4,6-7H,1H3;4-7H2,1-3H3. The van der Waals surface area contributed by atoms with Gasteiger partial charge < -0.3 is 14.2 Å². The van der Waals surface area contributed by atoms with Crippen LogP contribution in [0, 0.1) is 17.1 Å². The lowest BCUT2D eigenvalue weighted by Crippen LogP contribution is -2.34. The minimum atomic E-state index is -0.589. The Bertz CT molecular complexity index is 1170.